The van der Waals surface area contributed by atoms with Crippen LogP contribution in [-0.4, -0.2) is 0 Å². The average Bonchev–Trinajstić information content (AvgIpc) is 2.15. The third-order valence-electron chi connectivity index (χ3n) is 2.52. The SMILES string of the molecule is CCCCCCCCCCC=C(C)N. The minimum Gasteiger partial charge on any atom is -0.403 e. The van der Waals surface area contributed by atoms with E-state index in [1.807, 2.05) is 6.92 Å². The molecule has 0 radical (unpaired) electrons. The zero-order valence-corrected chi connectivity index (χ0v) is 10.0. The molecular formula is C13H27N. The van der Waals surface area contributed by atoms with E-state index in [1.165, 1.54) is 51.4 Å². The van der Waals surface area contributed by atoms with Gasteiger partial charge in [-0.1, -0.05) is 57.9 Å². The van der Waals surface area contributed by atoms with Crippen LogP contribution >= 0.6 is 0 Å². The van der Waals surface area contributed by atoms with E-state index in [1.54, 1.807) is 0 Å². The van der Waals surface area contributed by atoms with Crippen molar-refractivity contribution in [2.75, 3.05) is 0 Å². The number of rotatable bonds is 9. The second kappa shape index (κ2) is 10.6. The Morgan fingerprint density at radius 2 is 1.43 bits per heavy atom. The van der Waals surface area contributed by atoms with Crippen LogP contribution in [0.2, 0.25) is 0 Å². The molecule has 84 valence electrons. The normalized spacial score (nSPS) is 12.0. The van der Waals surface area contributed by atoms with Crippen LogP contribution in [-0.2, 0) is 0 Å². The molecule has 0 heterocycles. The molecule has 1 heteroatoms. The lowest BCUT2D eigenvalue weighted by Gasteiger charge is -2.00. The van der Waals surface area contributed by atoms with Crippen molar-refractivity contribution in [1.29, 1.82) is 0 Å². The van der Waals surface area contributed by atoms with Gasteiger partial charge in [-0.3, -0.25) is 0 Å². The third kappa shape index (κ3) is 11.5. The highest BCUT2D eigenvalue weighted by atomic mass is 14.5. The van der Waals surface area contributed by atoms with Crippen molar-refractivity contribution in [1.82, 2.24) is 0 Å². The molecule has 0 bridgehead atoms. The highest BCUT2D eigenvalue weighted by Crippen LogP contribution is 2.09. The van der Waals surface area contributed by atoms with Crippen molar-refractivity contribution in [2.24, 2.45) is 5.73 Å². The lowest BCUT2D eigenvalue weighted by molar-refractivity contribution is 0.577. The average molecular weight is 197 g/mol. The Bertz CT molecular complexity index is 134. The second-order valence-electron chi connectivity index (χ2n) is 4.21. The van der Waals surface area contributed by atoms with Gasteiger partial charge in [-0.2, -0.15) is 0 Å². The molecule has 0 rings (SSSR count). The van der Waals surface area contributed by atoms with Gasteiger partial charge in [0, 0.05) is 5.70 Å². The molecule has 1 nitrogen and oxygen atoms in total. The number of hydrogen-bond donors (Lipinski definition) is 1. The summed E-state index contributed by atoms with van der Waals surface area (Å²) in [7, 11) is 0. The van der Waals surface area contributed by atoms with E-state index in [9.17, 15) is 0 Å². The fraction of sp³-hybridized carbons (Fsp3) is 0.846. The maximum Gasteiger partial charge on any atom is 0.000832 e. The zero-order valence-electron chi connectivity index (χ0n) is 10.0. The van der Waals surface area contributed by atoms with Crippen molar-refractivity contribution in [3.05, 3.63) is 11.8 Å². The van der Waals surface area contributed by atoms with Crippen molar-refractivity contribution in [3.63, 3.8) is 0 Å². The Balaban J connectivity index is 2.96. The van der Waals surface area contributed by atoms with Crippen molar-refractivity contribution < 1.29 is 0 Å². The molecular weight excluding hydrogens is 170 g/mol. The van der Waals surface area contributed by atoms with E-state index in [0.717, 1.165) is 12.1 Å². The summed E-state index contributed by atoms with van der Waals surface area (Å²) in [4.78, 5) is 0. The van der Waals surface area contributed by atoms with Crippen LogP contribution in [0.25, 0.3) is 0 Å². The molecule has 0 aliphatic heterocycles. The Morgan fingerprint density at radius 3 is 1.93 bits per heavy atom. The second-order valence-corrected chi connectivity index (χ2v) is 4.21. The molecule has 0 aromatic heterocycles. The number of allylic oxidation sites excluding steroid dienone is 2. The first-order valence-corrected chi connectivity index (χ1v) is 6.19. The molecule has 0 aliphatic carbocycles. The Hall–Kier alpha value is -0.460. The fourth-order valence-electron chi connectivity index (χ4n) is 1.61. The maximum absolute atomic E-state index is 5.55. The summed E-state index contributed by atoms with van der Waals surface area (Å²) in [6.07, 6.45) is 14.4. The van der Waals surface area contributed by atoms with Crippen molar-refractivity contribution in [2.45, 2.75) is 71.6 Å². The molecule has 0 saturated heterocycles. The topological polar surface area (TPSA) is 26.0 Å². The molecule has 0 spiro atoms. The molecule has 0 saturated carbocycles. The predicted octanol–water partition coefficient (Wildman–Crippen LogP) is 4.38. The first-order chi connectivity index (χ1) is 6.77. The minimum absolute atomic E-state index is 0.966. The van der Waals surface area contributed by atoms with Gasteiger partial charge in [-0.25, -0.2) is 0 Å². The van der Waals surface area contributed by atoms with Crippen LogP contribution in [0.1, 0.15) is 71.6 Å². The van der Waals surface area contributed by atoms with Crippen LogP contribution in [0.15, 0.2) is 11.8 Å². The van der Waals surface area contributed by atoms with Gasteiger partial charge in [0.1, 0.15) is 0 Å². The van der Waals surface area contributed by atoms with Gasteiger partial charge >= 0.3 is 0 Å². The van der Waals surface area contributed by atoms with Crippen LogP contribution in [0.3, 0.4) is 0 Å². The molecule has 0 unspecified atom stereocenters. The van der Waals surface area contributed by atoms with Gasteiger partial charge in [0.05, 0.1) is 0 Å². The number of hydrogen-bond acceptors (Lipinski definition) is 1. The Kier molecular flexibility index (Phi) is 10.3. The number of nitrogens with two attached hydrogens (primary N) is 1. The smallest absolute Gasteiger partial charge is 0.000832 e. The van der Waals surface area contributed by atoms with E-state index >= 15 is 0 Å². The van der Waals surface area contributed by atoms with Gasteiger partial charge in [0.15, 0.2) is 0 Å². The summed E-state index contributed by atoms with van der Waals surface area (Å²) in [6.45, 7) is 4.23. The highest BCUT2D eigenvalue weighted by Gasteiger charge is 1.90. The quantitative estimate of drug-likeness (QED) is 0.545. The molecule has 2 N–H and O–H groups in total. The predicted molar refractivity (Wildman–Crippen MR) is 65.2 cm³/mol. The summed E-state index contributed by atoms with van der Waals surface area (Å²) in [5, 5.41) is 0. The van der Waals surface area contributed by atoms with Crippen molar-refractivity contribution in [3.8, 4) is 0 Å². The van der Waals surface area contributed by atoms with Gasteiger partial charge < -0.3 is 5.73 Å². The molecule has 0 fully saturated rings. The molecule has 14 heavy (non-hydrogen) atoms. The van der Waals surface area contributed by atoms with E-state index in [-0.39, 0.29) is 0 Å². The van der Waals surface area contributed by atoms with E-state index in [4.69, 9.17) is 5.73 Å². The third-order valence-corrected chi connectivity index (χ3v) is 2.52. The van der Waals surface area contributed by atoms with Gasteiger partial charge in [-0.15, -0.1) is 0 Å². The Morgan fingerprint density at radius 1 is 0.929 bits per heavy atom. The molecule has 0 amide bonds. The summed E-state index contributed by atoms with van der Waals surface area (Å²) < 4.78 is 0. The lowest BCUT2D eigenvalue weighted by atomic mass is 10.1. The van der Waals surface area contributed by atoms with E-state index in [2.05, 4.69) is 13.0 Å². The van der Waals surface area contributed by atoms with Gasteiger partial charge in [0.2, 0.25) is 0 Å². The fourth-order valence-corrected chi connectivity index (χ4v) is 1.61. The minimum atomic E-state index is 0.966. The summed E-state index contributed by atoms with van der Waals surface area (Å²) >= 11 is 0. The standard InChI is InChI=1S/C13H27N/c1-3-4-5-6-7-8-9-10-11-12-13(2)14/h12H,3-11,14H2,1-2H3. The molecule has 0 aromatic carbocycles. The van der Waals surface area contributed by atoms with E-state index < -0.39 is 0 Å². The number of unbranched alkanes of at least 4 members (excludes halogenated alkanes) is 8. The van der Waals surface area contributed by atoms with Gasteiger partial charge in [-0.05, 0) is 19.8 Å². The van der Waals surface area contributed by atoms with Gasteiger partial charge in [0.25, 0.3) is 0 Å². The summed E-state index contributed by atoms with van der Waals surface area (Å²) in [5.41, 5.74) is 6.51. The lowest BCUT2D eigenvalue weighted by Crippen LogP contribution is -1.89. The molecule has 0 atom stereocenters. The highest BCUT2D eigenvalue weighted by molar-refractivity contribution is 4.90. The summed E-state index contributed by atoms with van der Waals surface area (Å²) in [5.74, 6) is 0. The molecule has 0 aliphatic rings. The zero-order chi connectivity index (χ0) is 10.6. The first kappa shape index (κ1) is 13.5. The van der Waals surface area contributed by atoms with Crippen LogP contribution in [0.5, 0.6) is 0 Å². The summed E-state index contributed by atoms with van der Waals surface area (Å²) in [6, 6.07) is 0. The van der Waals surface area contributed by atoms with E-state index in [0.29, 0.717) is 0 Å². The van der Waals surface area contributed by atoms with Crippen LogP contribution in [0, 0.1) is 0 Å². The van der Waals surface area contributed by atoms with Crippen molar-refractivity contribution >= 4 is 0 Å². The largest absolute Gasteiger partial charge is 0.403 e. The first-order valence-electron chi connectivity index (χ1n) is 6.19. The Labute approximate surface area is 89.8 Å². The van der Waals surface area contributed by atoms with Crippen LogP contribution < -0.4 is 5.73 Å². The maximum atomic E-state index is 5.55. The monoisotopic (exact) mass is 197 g/mol. The molecule has 0 aromatic rings. The van der Waals surface area contributed by atoms with Crippen LogP contribution in [0.4, 0.5) is 0 Å².